The third-order valence-corrected chi connectivity index (χ3v) is 3.93. The van der Waals surface area contributed by atoms with Crippen molar-refractivity contribution in [3.8, 4) is 0 Å². The maximum atomic E-state index is 12.1. The topological polar surface area (TPSA) is 79.4 Å². The lowest BCUT2D eigenvalue weighted by Gasteiger charge is -2.13. The average Bonchev–Trinajstić information content (AvgIpc) is 2.82. The zero-order chi connectivity index (χ0) is 17.1. The highest BCUT2D eigenvalue weighted by Crippen LogP contribution is 2.19. The van der Waals surface area contributed by atoms with Gasteiger partial charge in [-0.15, -0.1) is 0 Å². The fraction of sp³-hybridized carbons (Fsp3) is 0.176. The van der Waals surface area contributed by atoms with Crippen molar-refractivity contribution in [1.29, 1.82) is 0 Å². The third kappa shape index (κ3) is 3.28. The van der Waals surface area contributed by atoms with E-state index in [1.807, 2.05) is 12.1 Å². The lowest BCUT2D eigenvalue weighted by molar-refractivity contribution is -0.121. The van der Waals surface area contributed by atoms with Gasteiger partial charge >= 0.3 is 0 Å². The summed E-state index contributed by atoms with van der Waals surface area (Å²) in [5.74, 6) is -1.42. The van der Waals surface area contributed by atoms with E-state index in [-0.39, 0.29) is 17.8 Å². The standard InChI is InChI=1S/C17H14ClN3O3/c18-12-5-3-11(4-6-12)7-9-19-14(22)10-21-16(23)13-2-1-8-20-15(13)17(21)24/h1-6,8H,7,9-10H2,(H,19,22). The molecule has 2 heterocycles. The van der Waals surface area contributed by atoms with Gasteiger partial charge in [0.05, 0.1) is 5.56 Å². The van der Waals surface area contributed by atoms with Crippen molar-refractivity contribution >= 4 is 29.3 Å². The maximum Gasteiger partial charge on any atom is 0.280 e. The molecule has 1 aliphatic rings. The van der Waals surface area contributed by atoms with Gasteiger partial charge in [-0.3, -0.25) is 24.3 Å². The van der Waals surface area contributed by atoms with Crippen LogP contribution in [0.1, 0.15) is 26.4 Å². The first-order valence-corrected chi connectivity index (χ1v) is 7.76. The number of carbonyl (C=O) groups is 3. The van der Waals surface area contributed by atoms with E-state index in [4.69, 9.17) is 11.6 Å². The van der Waals surface area contributed by atoms with Crippen LogP contribution in [0.15, 0.2) is 42.6 Å². The van der Waals surface area contributed by atoms with E-state index in [9.17, 15) is 14.4 Å². The molecule has 0 saturated carbocycles. The molecule has 2 aromatic rings. The number of nitrogens with one attached hydrogen (secondary N) is 1. The summed E-state index contributed by atoms with van der Waals surface area (Å²) < 4.78 is 0. The van der Waals surface area contributed by atoms with Gasteiger partial charge in [0.1, 0.15) is 12.2 Å². The lowest BCUT2D eigenvalue weighted by atomic mass is 10.1. The first-order valence-electron chi connectivity index (χ1n) is 7.38. The second-order valence-corrected chi connectivity index (χ2v) is 5.76. The van der Waals surface area contributed by atoms with E-state index < -0.39 is 17.7 Å². The molecule has 0 unspecified atom stereocenters. The fourth-order valence-electron chi connectivity index (χ4n) is 2.45. The number of pyridine rings is 1. The number of benzene rings is 1. The fourth-order valence-corrected chi connectivity index (χ4v) is 2.58. The summed E-state index contributed by atoms with van der Waals surface area (Å²) in [5, 5.41) is 3.36. The summed E-state index contributed by atoms with van der Waals surface area (Å²) in [7, 11) is 0. The molecule has 24 heavy (non-hydrogen) atoms. The number of hydrogen-bond acceptors (Lipinski definition) is 4. The van der Waals surface area contributed by atoms with Gasteiger partial charge in [0.15, 0.2) is 0 Å². The molecule has 3 amide bonds. The number of nitrogens with zero attached hydrogens (tertiary/aromatic N) is 2. The molecular weight excluding hydrogens is 330 g/mol. The van der Waals surface area contributed by atoms with Crippen LogP contribution in [0.5, 0.6) is 0 Å². The number of carbonyl (C=O) groups excluding carboxylic acids is 3. The van der Waals surface area contributed by atoms with Crippen LogP contribution in [0.3, 0.4) is 0 Å². The van der Waals surface area contributed by atoms with Crippen molar-refractivity contribution in [3.63, 3.8) is 0 Å². The van der Waals surface area contributed by atoms with E-state index >= 15 is 0 Å². The Hall–Kier alpha value is -2.73. The first-order chi connectivity index (χ1) is 11.6. The minimum atomic E-state index is -0.538. The molecule has 0 atom stereocenters. The number of fused-ring (bicyclic) bond motifs is 1. The molecule has 0 saturated heterocycles. The smallest absolute Gasteiger partial charge is 0.280 e. The van der Waals surface area contributed by atoms with E-state index in [2.05, 4.69) is 10.3 Å². The van der Waals surface area contributed by atoms with Crippen LogP contribution < -0.4 is 5.32 Å². The Labute approximate surface area is 143 Å². The molecule has 0 fully saturated rings. The highest BCUT2D eigenvalue weighted by atomic mass is 35.5. The first kappa shape index (κ1) is 16.1. The van der Waals surface area contributed by atoms with Crippen molar-refractivity contribution in [3.05, 3.63) is 64.4 Å². The van der Waals surface area contributed by atoms with Crippen LogP contribution in [0.25, 0.3) is 0 Å². The van der Waals surface area contributed by atoms with Crippen LogP contribution in [0, 0.1) is 0 Å². The highest BCUT2D eigenvalue weighted by Gasteiger charge is 2.37. The number of rotatable bonds is 5. The van der Waals surface area contributed by atoms with Gasteiger partial charge in [0.25, 0.3) is 11.8 Å². The number of imide groups is 1. The predicted molar refractivity (Wildman–Crippen MR) is 87.8 cm³/mol. The van der Waals surface area contributed by atoms with Gasteiger partial charge in [-0.25, -0.2) is 0 Å². The van der Waals surface area contributed by atoms with Gasteiger partial charge in [-0.1, -0.05) is 23.7 Å². The summed E-state index contributed by atoms with van der Waals surface area (Å²) >= 11 is 5.81. The Morgan fingerprint density at radius 3 is 2.58 bits per heavy atom. The summed E-state index contributed by atoms with van der Waals surface area (Å²) in [6, 6.07) is 10.4. The van der Waals surface area contributed by atoms with Crippen molar-refractivity contribution in [2.45, 2.75) is 6.42 Å². The normalized spacial score (nSPS) is 13.1. The second kappa shape index (κ2) is 6.80. The monoisotopic (exact) mass is 343 g/mol. The molecule has 0 bridgehead atoms. The van der Waals surface area contributed by atoms with Gasteiger partial charge in [0, 0.05) is 17.8 Å². The zero-order valence-corrected chi connectivity index (χ0v) is 13.4. The minimum Gasteiger partial charge on any atom is -0.354 e. The predicted octanol–water partition coefficient (Wildman–Crippen LogP) is 1.69. The highest BCUT2D eigenvalue weighted by molar-refractivity contribution is 6.30. The van der Waals surface area contributed by atoms with Crippen LogP contribution in [-0.4, -0.2) is 40.7 Å². The van der Waals surface area contributed by atoms with Crippen molar-refractivity contribution in [2.24, 2.45) is 0 Å². The second-order valence-electron chi connectivity index (χ2n) is 5.32. The molecule has 1 aromatic carbocycles. The van der Waals surface area contributed by atoms with Gasteiger partial charge < -0.3 is 5.32 Å². The Morgan fingerprint density at radius 1 is 1.12 bits per heavy atom. The van der Waals surface area contributed by atoms with Crippen molar-refractivity contribution < 1.29 is 14.4 Å². The SMILES string of the molecule is O=C(CN1C(=O)c2cccnc2C1=O)NCCc1ccc(Cl)cc1. The molecule has 6 nitrogen and oxygen atoms in total. The number of amides is 3. The number of aromatic nitrogens is 1. The Balaban J connectivity index is 1.53. The lowest BCUT2D eigenvalue weighted by Crippen LogP contribution is -2.40. The van der Waals surface area contributed by atoms with Gasteiger partial charge in [0.2, 0.25) is 5.91 Å². The van der Waals surface area contributed by atoms with Gasteiger partial charge in [-0.05, 0) is 36.2 Å². The molecular formula is C17H14ClN3O3. The summed E-state index contributed by atoms with van der Waals surface area (Å²) in [6.07, 6.45) is 2.08. The van der Waals surface area contributed by atoms with E-state index in [1.165, 1.54) is 12.3 Å². The van der Waals surface area contributed by atoms with Crippen LogP contribution in [-0.2, 0) is 11.2 Å². The quantitative estimate of drug-likeness (QED) is 0.838. The molecule has 1 aliphatic heterocycles. The summed E-state index contributed by atoms with van der Waals surface area (Å²) in [5.41, 5.74) is 1.36. The van der Waals surface area contributed by atoms with E-state index in [0.717, 1.165) is 10.5 Å². The molecule has 0 spiro atoms. The zero-order valence-electron chi connectivity index (χ0n) is 12.7. The maximum absolute atomic E-state index is 12.1. The molecule has 0 aliphatic carbocycles. The van der Waals surface area contributed by atoms with E-state index in [0.29, 0.717) is 18.0 Å². The van der Waals surface area contributed by atoms with Crippen LogP contribution in [0.4, 0.5) is 0 Å². The van der Waals surface area contributed by atoms with Crippen molar-refractivity contribution in [2.75, 3.05) is 13.1 Å². The Kier molecular flexibility index (Phi) is 4.57. The number of halogens is 1. The molecule has 1 aromatic heterocycles. The average molecular weight is 344 g/mol. The summed E-state index contributed by atoms with van der Waals surface area (Å²) in [6.45, 7) is 0.0938. The molecule has 3 rings (SSSR count). The third-order valence-electron chi connectivity index (χ3n) is 3.68. The Morgan fingerprint density at radius 2 is 1.88 bits per heavy atom. The molecule has 1 N–H and O–H groups in total. The largest absolute Gasteiger partial charge is 0.354 e. The minimum absolute atomic E-state index is 0.0939. The summed E-state index contributed by atoms with van der Waals surface area (Å²) in [4.78, 5) is 41.1. The molecule has 122 valence electrons. The van der Waals surface area contributed by atoms with Crippen LogP contribution in [0.2, 0.25) is 5.02 Å². The van der Waals surface area contributed by atoms with Gasteiger partial charge in [-0.2, -0.15) is 0 Å². The molecule has 7 heteroatoms. The van der Waals surface area contributed by atoms with Crippen molar-refractivity contribution in [1.82, 2.24) is 15.2 Å². The number of hydrogen-bond donors (Lipinski definition) is 1. The Bertz CT molecular complexity index is 770. The molecule has 0 radical (unpaired) electrons. The van der Waals surface area contributed by atoms with E-state index in [1.54, 1.807) is 18.2 Å². The van der Waals surface area contributed by atoms with Crippen LogP contribution >= 0.6 is 11.6 Å².